The van der Waals surface area contributed by atoms with Crippen molar-refractivity contribution in [3.63, 3.8) is 0 Å². The molecule has 1 aromatic carbocycles. The Morgan fingerprint density at radius 2 is 2.16 bits per heavy atom. The summed E-state index contributed by atoms with van der Waals surface area (Å²) >= 11 is 7.63. The Morgan fingerprint density at radius 3 is 2.79 bits per heavy atom. The Bertz CT molecular complexity index is 618. The van der Waals surface area contributed by atoms with E-state index in [-0.39, 0.29) is 11.3 Å². The second-order valence-electron chi connectivity index (χ2n) is 5.45. The predicted octanol–water partition coefficient (Wildman–Crippen LogP) is 3.26. The van der Waals surface area contributed by atoms with Gasteiger partial charge in [-0.05, 0) is 17.5 Å². The summed E-state index contributed by atoms with van der Waals surface area (Å²) < 4.78 is 0.976. The van der Waals surface area contributed by atoms with Gasteiger partial charge in [0.1, 0.15) is 5.52 Å². The number of anilines is 1. The largest absolute Gasteiger partial charge is 0.322 e. The monoisotopic (exact) mass is 297 g/mol. The van der Waals surface area contributed by atoms with Crippen molar-refractivity contribution in [3.8, 4) is 0 Å². The van der Waals surface area contributed by atoms with Gasteiger partial charge < -0.3 is 11.1 Å². The normalized spacial score (nSPS) is 13.5. The molecule has 1 amide bonds. The Morgan fingerprint density at radius 1 is 1.47 bits per heavy atom. The highest BCUT2D eigenvalue weighted by atomic mass is 35.5. The molecule has 1 unspecified atom stereocenters. The zero-order chi connectivity index (χ0) is 14.2. The average molecular weight is 298 g/mol. The fourth-order valence-corrected chi connectivity index (χ4v) is 2.50. The SMILES string of the molecule is CC(C)(C)C(N)C(=O)Nc1c(Cl)ccc2scnc12. The van der Waals surface area contributed by atoms with E-state index in [1.165, 1.54) is 11.3 Å². The highest BCUT2D eigenvalue weighted by Gasteiger charge is 2.28. The fraction of sp³-hybridized carbons (Fsp3) is 0.385. The minimum Gasteiger partial charge on any atom is -0.322 e. The van der Waals surface area contributed by atoms with Crippen LogP contribution >= 0.6 is 22.9 Å². The van der Waals surface area contributed by atoms with Crippen molar-refractivity contribution in [2.45, 2.75) is 26.8 Å². The lowest BCUT2D eigenvalue weighted by Gasteiger charge is -2.26. The first-order valence-electron chi connectivity index (χ1n) is 5.89. The number of aromatic nitrogens is 1. The lowest BCUT2D eigenvalue weighted by molar-refractivity contribution is -0.119. The summed E-state index contributed by atoms with van der Waals surface area (Å²) in [4.78, 5) is 16.4. The first kappa shape index (κ1) is 14.2. The molecule has 0 radical (unpaired) electrons. The molecule has 0 aliphatic heterocycles. The molecule has 1 heterocycles. The Kier molecular flexibility index (Phi) is 3.80. The standard InChI is InChI=1S/C13H16ClN3OS/c1-13(2,3)11(15)12(18)17-9-7(14)4-5-8-10(9)16-6-19-8/h4-6,11H,15H2,1-3H3,(H,17,18). The van der Waals surface area contributed by atoms with Crippen LogP contribution in [0, 0.1) is 5.41 Å². The summed E-state index contributed by atoms with van der Waals surface area (Å²) in [6, 6.07) is 3.02. The number of benzene rings is 1. The molecule has 1 atom stereocenters. The van der Waals surface area contributed by atoms with Crippen molar-refractivity contribution >= 4 is 44.7 Å². The van der Waals surface area contributed by atoms with Crippen LogP contribution in [-0.2, 0) is 4.79 Å². The zero-order valence-corrected chi connectivity index (χ0v) is 12.6. The Hall–Kier alpha value is -1.17. The maximum absolute atomic E-state index is 12.2. The molecule has 102 valence electrons. The van der Waals surface area contributed by atoms with Gasteiger partial charge in [0.2, 0.25) is 5.91 Å². The number of fused-ring (bicyclic) bond motifs is 1. The number of rotatable bonds is 2. The molecule has 0 spiro atoms. The first-order chi connectivity index (χ1) is 8.80. The van der Waals surface area contributed by atoms with E-state index in [1.807, 2.05) is 26.8 Å². The van der Waals surface area contributed by atoms with Gasteiger partial charge in [0.15, 0.2) is 0 Å². The van der Waals surface area contributed by atoms with Crippen LogP contribution in [0.4, 0.5) is 5.69 Å². The van der Waals surface area contributed by atoms with Crippen LogP contribution in [0.1, 0.15) is 20.8 Å². The van der Waals surface area contributed by atoms with Crippen molar-refractivity contribution in [2.24, 2.45) is 11.1 Å². The van der Waals surface area contributed by atoms with Crippen molar-refractivity contribution in [2.75, 3.05) is 5.32 Å². The molecule has 2 rings (SSSR count). The van der Waals surface area contributed by atoms with Crippen molar-refractivity contribution < 1.29 is 4.79 Å². The quantitative estimate of drug-likeness (QED) is 0.894. The number of amides is 1. The molecule has 0 aliphatic carbocycles. The van der Waals surface area contributed by atoms with E-state index in [0.717, 1.165) is 4.70 Å². The van der Waals surface area contributed by atoms with Gasteiger partial charge in [0.25, 0.3) is 0 Å². The van der Waals surface area contributed by atoms with Gasteiger partial charge in [-0.2, -0.15) is 0 Å². The number of hydrogen-bond acceptors (Lipinski definition) is 4. The maximum atomic E-state index is 12.2. The molecule has 0 saturated carbocycles. The minimum atomic E-state index is -0.613. The summed E-state index contributed by atoms with van der Waals surface area (Å²) in [6.45, 7) is 5.76. The highest BCUT2D eigenvalue weighted by molar-refractivity contribution is 7.16. The molecule has 1 aromatic heterocycles. The van der Waals surface area contributed by atoms with Gasteiger partial charge in [0.05, 0.1) is 27.0 Å². The van der Waals surface area contributed by atoms with Gasteiger partial charge in [-0.15, -0.1) is 11.3 Å². The van der Waals surface area contributed by atoms with E-state index >= 15 is 0 Å². The van der Waals surface area contributed by atoms with Gasteiger partial charge >= 0.3 is 0 Å². The van der Waals surface area contributed by atoms with Gasteiger partial charge in [-0.25, -0.2) is 4.98 Å². The summed E-state index contributed by atoms with van der Waals surface area (Å²) in [5.41, 5.74) is 8.58. The van der Waals surface area contributed by atoms with E-state index in [0.29, 0.717) is 16.2 Å². The number of nitrogens with two attached hydrogens (primary N) is 1. The van der Waals surface area contributed by atoms with Crippen LogP contribution in [0.15, 0.2) is 17.6 Å². The average Bonchev–Trinajstić information content (AvgIpc) is 2.78. The van der Waals surface area contributed by atoms with E-state index in [2.05, 4.69) is 10.3 Å². The number of halogens is 1. The van der Waals surface area contributed by atoms with Gasteiger partial charge in [-0.1, -0.05) is 32.4 Å². The molecule has 0 fully saturated rings. The third-order valence-corrected chi connectivity index (χ3v) is 4.02. The lowest BCUT2D eigenvalue weighted by Crippen LogP contribution is -2.45. The number of nitrogens with zero attached hydrogens (tertiary/aromatic N) is 1. The van der Waals surface area contributed by atoms with E-state index < -0.39 is 6.04 Å². The number of carbonyl (C=O) groups excluding carboxylic acids is 1. The van der Waals surface area contributed by atoms with Crippen molar-refractivity contribution in [1.82, 2.24) is 4.98 Å². The second kappa shape index (κ2) is 5.07. The smallest absolute Gasteiger partial charge is 0.241 e. The van der Waals surface area contributed by atoms with Crippen LogP contribution in [0.3, 0.4) is 0 Å². The van der Waals surface area contributed by atoms with Crippen molar-refractivity contribution in [1.29, 1.82) is 0 Å². The van der Waals surface area contributed by atoms with E-state index in [1.54, 1.807) is 11.6 Å². The predicted molar refractivity (Wildman–Crippen MR) is 80.7 cm³/mol. The molecular formula is C13H16ClN3OS. The summed E-state index contributed by atoms with van der Waals surface area (Å²) in [7, 11) is 0. The molecular weight excluding hydrogens is 282 g/mol. The van der Waals surface area contributed by atoms with Crippen LogP contribution in [0.5, 0.6) is 0 Å². The fourth-order valence-electron chi connectivity index (χ4n) is 1.62. The van der Waals surface area contributed by atoms with Crippen LogP contribution in [0.2, 0.25) is 5.02 Å². The number of nitrogens with one attached hydrogen (secondary N) is 1. The summed E-state index contributed by atoms with van der Waals surface area (Å²) in [5.74, 6) is -0.255. The third kappa shape index (κ3) is 2.88. The molecule has 0 saturated heterocycles. The van der Waals surface area contributed by atoms with Gasteiger partial charge in [0, 0.05) is 0 Å². The maximum Gasteiger partial charge on any atom is 0.241 e. The van der Waals surface area contributed by atoms with E-state index in [4.69, 9.17) is 17.3 Å². The molecule has 0 bridgehead atoms. The first-order valence-corrected chi connectivity index (χ1v) is 7.14. The zero-order valence-electron chi connectivity index (χ0n) is 11.0. The lowest BCUT2D eigenvalue weighted by atomic mass is 9.87. The van der Waals surface area contributed by atoms with Crippen LogP contribution < -0.4 is 11.1 Å². The van der Waals surface area contributed by atoms with Crippen LogP contribution in [-0.4, -0.2) is 16.9 Å². The molecule has 6 heteroatoms. The second-order valence-corrected chi connectivity index (χ2v) is 6.75. The third-order valence-electron chi connectivity index (χ3n) is 2.92. The summed E-state index contributed by atoms with van der Waals surface area (Å²) in [5, 5.41) is 3.26. The number of carbonyl (C=O) groups is 1. The van der Waals surface area contributed by atoms with Crippen molar-refractivity contribution in [3.05, 3.63) is 22.7 Å². The highest BCUT2D eigenvalue weighted by Crippen LogP contribution is 2.32. The number of hydrogen-bond donors (Lipinski definition) is 2. The molecule has 2 aromatic rings. The molecule has 0 aliphatic rings. The number of thiazole rings is 1. The minimum absolute atomic E-state index is 0.255. The molecule has 19 heavy (non-hydrogen) atoms. The molecule has 4 nitrogen and oxygen atoms in total. The topological polar surface area (TPSA) is 68.0 Å². The van der Waals surface area contributed by atoms with E-state index in [9.17, 15) is 4.79 Å². The summed E-state index contributed by atoms with van der Waals surface area (Å²) in [6.07, 6.45) is 0. The van der Waals surface area contributed by atoms with Gasteiger partial charge in [-0.3, -0.25) is 4.79 Å². The van der Waals surface area contributed by atoms with Crippen LogP contribution in [0.25, 0.3) is 10.2 Å². The molecule has 3 N–H and O–H groups in total. The Balaban J connectivity index is 2.33. The Labute approximate surface area is 121 Å².